The summed E-state index contributed by atoms with van der Waals surface area (Å²) in [5.74, 6) is 0.0745. The summed E-state index contributed by atoms with van der Waals surface area (Å²) in [7, 11) is 0. The zero-order valence-corrected chi connectivity index (χ0v) is 15.1. The SMILES string of the molecule is CC(N)C1CCCN(C(=O)c2ccccc2NC(=O)c2ccsc2)C1. The molecule has 0 saturated carbocycles. The molecular weight excluding hydrogens is 334 g/mol. The molecule has 3 rings (SSSR count). The number of nitrogens with zero attached hydrogens (tertiary/aromatic N) is 1. The number of carbonyl (C=O) groups excluding carboxylic acids is 2. The first-order valence-electron chi connectivity index (χ1n) is 8.53. The second-order valence-corrected chi connectivity index (χ2v) is 7.30. The molecule has 2 aromatic rings. The molecule has 2 atom stereocenters. The van der Waals surface area contributed by atoms with Gasteiger partial charge < -0.3 is 16.0 Å². The summed E-state index contributed by atoms with van der Waals surface area (Å²) in [6.45, 7) is 3.39. The fourth-order valence-corrected chi connectivity index (χ4v) is 3.80. The highest BCUT2D eigenvalue weighted by molar-refractivity contribution is 7.08. The monoisotopic (exact) mass is 357 g/mol. The zero-order chi connectivity index (χ0) is 17.8. The van der Waals surface area contributed by atoms with Gasteiger partial charge in [0, 0.05) is 24.5 Å². The number of hydrogen-bond donors (Lipinski definition) is 2. The summed E-state index contributed by atoms with van der Waals surface area (Å²) in [5.41, 5.74) is 7.70. The average Bonchev–Trinajstić information content (AvgIpc) is 3.16. The molecule has 0 radical (unpaired) electrons. The first kappa shape index (κ1) is 17.6. The van der Waals surface area contributed by atoms with Crippen molar-refractivity contribution in [3.05, 3.63) is 52.2 Å². The van der Waals surface area contributed by atoms with E-state index in [0.29, 0.717) is 29.3 Å². The number of thiophene rings is 1. The summed E-state index contributed by atoms with van der Waals surface area (Å²) in [4.78, 5) is 27.2. The molecule has 1 aliphatic rings. The van der Waals surface area contributed by atoms with E-state index in [1.165, 1.54) is 11.3 Å². The van der Waals surface area contributed by atoms with E-state index in [1.54, 1.807) is 23.6 Å². The van der Waals surface area contributed by atoms with E-state index in [0.717, 1.165) is 19.4 Å². The predicted octanol–water partition coefficient (Wildman–Crippen LogP) is 3.20. The lowest BCUT2D eigenvalue weighted by Gasteiger charge is -2.35. The Hall–Kier alpha value is -2.18. The van der Waals surface area contributed by atoms with E-state index in [-0.39, 0.29) is 17.9 Å². The van der Waals surface area contributed by atoms with Crippen molar-refractivity contribution in [2.24, 2.45) is 11.7 Å². The Morgan fingerprint density at radius 3 is 2.84 bits per heavy atom. The molecule has 1 aliphatic heterocycles. The van der Waals surface area contributed by atoms with Crippen LogP contribution in [0.2, 0.25) is 0 Å². The number of nitrogens with two attached hydrogens (primary N) is 1. The van der Waals surface area contributed by atoms with Gasteiger partial charge in [0.05, 0.1) is 16.8 Å². The molecule has 5 nitrogen and oxygen atoms in total. The van der Waals surface area contributed by atoms with E-state index in [9.17, 15) is 9.59 Å². The molecule has 2 amide bonds. The summed E-state index contributed by atoms with van der Waals surface area (Å²) in [6, 6.07) is 9.01. The molecular formula is C19H23N3O2S. The van der Waals surface area contributed by atoms with Crippen LogP contribution in [-0.2, 0) is 0 Å². The minimum atomic E-state index is -0.200. The zero-order valence-electron chi connectivity index (χ0n) is 14.3. The number of anilines is 1. The lowest BCUT2D eigenvalue weighted by atomic mass is 9.91. The Morgan fingerprint density at radius 1 is 1.32 bits per heavy atom. The average molecular weight is 357 g/mol. The van der Waals surface area contributed by atoms with Crippen molar-refractivity contribution in [1.29, 1.82) is 0 Å². The number of para-hydroxylation sites is 1. The van der Waals surface area contributed by atoms with Crippen molar-refractivity contribution in [2.45, 2.75) is 25.8 Å². The third kappa shape index (κ3) is 4.08. The molecule has 2 heterocycles. The van der Waals surface area contributed by atoms with Crippen LogP contribution in [0.3, 0.4) is 0 Å². The highest BCUT2D eigenvalue weighted by Gasteiger charge is 2.27. The van der Waals surface area contributed by atoms with Crippen LogP contribution in [0.15, 0.2) is 41.1 Å². The summed E-state index contributed by atoms with van der Waals surface area (Å²) in [5, 5.41) is 6.51. The van der Waals surface area contributed by atoms with Crippen molar-refractivity contribution in [3.63, 3.8) is 0 Å². The van der Waals surface area contributed by atoms with Gasteiger partial charge in [-0.05, 0) is 49.3 Å². The summed E-state index contributed by atoms with van der Waals surface area (Å²) in [6.07, 6.45) is 2.01. The summed E-state index contributed by atoms with van der Waals surface area (Å²) < 4.78 is 0. The quantitative estimate of drug-likeness (QED) is 0.882. The molecule has 3 N–H and O–H groups in total. The van der Waals surface area contributed by atoms with Gasteiger partial charge in [-0.2, -0.15) is 11.3 Å². The van der Waals surface area contributed by atoms with E-state index in [4.69, 9.17) is 5.73 Å². The highest BCUT2D eigenvalue weighted by Crippen LogP contribution is 2.24. The maximum atomic E-state index is 13.0. The fourth-order valence-electron chi connectivity index (χ4n) is 3.16. The molecule has 0 spiro atoms. The Bertz CT molecular complexity index is 743. The Kier molecular flexibility index (Phi) is 5.50. The van der Waals surface area contributed by atoms with Gasteiger partial charge in [-0.3, -0.25) is 9.59 Å². The second-order valence-electron chi connectivity index (χ2n) is 6.52. The molecule has 2 unspecified atom stereocenters. The molecule has 1 saturated heterocycles. The summed E-state index contributed by atoms with van der Waals surface area (Å²) >= 11 is 1.47. The lowest BCUT2D eigenvalue weighted by Crippen LogP contribution is -2.45. The molecule has 25 heavy (non-hydrogen) atoms. The number of likely N-dealkylation sites (tertiary alicyclic amines) is 1. The van der Waals surface area contributed by atoms with Gasteiger partial charge >= 0.3 is 0 Å². The first-order valence-corrected chi connectivity index (χ1v) is 9.48. The van der Waals surface area contributed by atoms with Crippen molar-refractivity contribution in [3.8, 4) is 0 Å². The van der Waals surface area contributed by atoms with Crippen LogP contribution >= 0.6 is 11.3 Å². The first-order chi connectivity index (χ1) is 12.1. The normalized spacial score (nSPS) is 18.6. The fraction of sp³-hybridized carbons (Fsp3) is 0.368. The minimum Gasteiger partial charge on any atom is -0.338 e. The third-order valence-corrected chi connectivity index (χ3v) is 5.36. The van der Waals surface area contributed by atoms with Gasteiger partial charge in [-0.25, -0.2) is 0 Å². The van der Waals surface area contributed by atoms with Crippen molar-refractivity contribution < 1.29 is 9.59 Å². The van der Waals surface area contributed by atoms with E-state index < -0.39 is 0 Å². The van der Waals surface area contributed by atoms with Crippen LogP contribution in [0.25, 0.3) is 0 Å². The van der Waals surface area contributed by atoms with Gasteiger partial charge in [-0.15, -0.1) is 0 Å². The molecule has 132 valence electrons. The van der Waals surface area contributed by atoms with Gasteiger partial charge in [0.1, 0.15) is 0 Å². The van der Waals surface area contributed by atoms with Crippen LogP contribution in [0, 0.1) is 5.92 Å². The highest BCUT2D eigenvalue weighted by atomic mass is 32.1. The van der Waals surface area contributed by atoms with Crippen molar-refractivity contribution in [1.82, 2.24) is 4.90 Å². The largest absolute Gasteiger partial charge is 0.338 e. The lowest BCUT2D eigenvalue weighted by molar-refractivity contribution is 0.0662. The Balaban J connectivity index is 1.78. The molecule has 1 aromatic carbocycles. The number of nitrogens with one attached hydrogen (secondary N) is 1. The maximum absolute atomic E-state index is 13.0. The molecule has 1 aromatic heterocycles. The molecule has 1 fully saturated rings. The number of carbonyl (C=O) groups is 2. The smallest absolute Gasteiger partial charge is 0.256 e. The minimum absolute atomic E-state index is 0.0495. The Labute approximate surface area is 151 Å². The number of rotatable bonds is 4. The maximum Gasteiger partial charge on any atom is 0.256 e. The molecule has 6 heteroatoms. The van der Waals surface area contributed by atoms with Crippen LogP contribution in [-0.4, -0.2) is 35.8 Å². The number of piperidine rings is 1. The molecule has 0 aliphatic carbocycles. The van der Waals surface area contributed by atoms with Crippen LogP contribution in [0.5, 0.6) is 0 Å². The van der Waals surface area contributed by atoms with Crippen molar-refractivity contribution in [2.75, 3.05) is 18.4 Å². The van der Waals surface area contributed by atoms with Gasteiger partial charge in [0.2, 0.25) is 0 Å². The third-order valence-electron chi connectivity index (χ3n) is 4.68. The van der Waals surface area contributed by atoms with E-state index >= 15 is 0 Å². The van der Waals surface area contributed by atoms with E-state index in [2.05, 4.69) is 5.32 Å². The standard InChI is InChI=1S/C19H23N3O2S/c1-13(20)14-5-4-9-22(11-14)19(24)16-6-2-3-7-17(16)21-18(23)15-8-10-25-12-15/h2-3,6-8,10,12-14H,4-5,9,11,20H2,1H3,(H,21,23). The van der Waals surface area contributed by atoms with Gasteiger partial charge in [-0.1, -0.05) is 12.1 Å². The molecule has 0 bridgehead atoms. The Morgan fingerprint density at radius 2 is 2.12 bits per heavy atom. The predicted molar refractivity (Wildman–Crippen MR) is 101 cm³/mol. The topological polar surface area (TPSA) is 75.4 Å². The van der Waals surface area contributed by atoms with Crippen LogP contribution in [0.1, 0.15) is 40.5 Å². The second kappa shape index (κ2) is 7.80. The van der Waals surface area contributed by atoms with Crippen molar-refractivity contribution >= 4 is 28.8 Å². The van der Waals surface area contributed by atoms with Crippen LogP contribution < -0.4 is 11.1 Å². The van der Waals surface area contributed by atoms with E-state index in [1.807, 2.05) is 29.3 Å². The number of benzene rings is 1. The van der Waals surface area contributed by atoms with Gasteiger partial charge in [0.25, 0.3) is 11.8 Å². The van der Waals surface area contributed by atoms with Gasteiger partial charge in [0.15, 0.2) is 0 Å². The van der Waals surface area contributed by atoms with Crippen LogP contribution in [0.4, 0.5) is 5.69 Å². The number of amides is 2. The number of hydrogen-bond acceptors (Lipinski definition) is 4.